The van der Waals surface area contributed by atoms with Gasteiger partial charge in [0, 0.05) is 38.7 Å². The highest BCUT2D eigenvalue weighted by Crippen LogP contribution is 2.16. The smallest absolute Gasteiger partial charge is 0.135 e. The molecule has 0 aliphatic rings. The van der Waals surface area contributed by atoms with Crippen LogP contribution in [0.5, 0.6) is 0 Å². The average molecular weight is 287 g/mol. The van der Waals surface area contributed by atoms with Crippen LogP contribution in [0.4, 0.5) is 5.82 Å². The molecule has 0 bridgehead atoms. The zero-order chi connectivity index (χ0) is 14.3. The quantitative estimate of drug-likeness (QED) is 0.743. The lowest BCUT2D eigenvalue weighted by Gasteiger charge is -2.16. The SMILES string of the molecule is COCCN(C)CCNc1cc(Cl)nc(C(C)C)n1. The summed E-state index contributed by atoms with van der Waals surface area (Å²) < 4.78 is 5.03. The van der Waals surface area contributed by atoms with E-state index in [9.17, 15) is 0 Å². The Bertz CT molecular complexity index is 387. The molecule has 19 heavy (non-hydrogen) atoms. The summed E-state index contributed by atoms with van der Waals surface area (Å²) in [5, 5.41) is 3.75. The number of hydrogen-bond acceptors (Lipinski definition) is 5. The Morgan fingerprint density at radius 3 is 2.74 bits per heavy atom. The molecule has 0 amide bonds. The molecule has 0 aliphatic heterocycles. The summed E-state index contributed by atoms with van der Waals surface area (Å²) in [5.74, 6) is 1.82. The van der Waals surface area contributed by atoms with E-state index in [0.717, 1.165) is 37.9 Å². The van der Waals surface area contributed by atoms with Gasteiger partial charge in [0.25, 0.3) is 0 Å². The van der Waals surface area contributed by atoms with E-state index in [1.54, 1.807) is 13.2 Å². The molecule has 0 fully saturated rings. The number of nitrogens with zero attached hydrogens (tertiary/aromatic N) is 3. The summed E-state index contributed by atoms with van der Waals surface area (Å²) in [4.78, 5) is 10.8. The van der Waals surface area contributed by atoms with Crippen LogP contribution >= 0.6 is 11.6 Å². The number of anilines is 1. The molecule has 1 N–H and O–H groups in total. The molecule has 1 rings (SSSR count). The molecule has 0 spiro atoms. The maximum Gasteiger partial charge on any atom is 0.135 e. The first kappa shape index (κ1) is 16.1. The van der Waals surface area contributed by atoms with Gasteiger partial charge in [-0.2, -0.15) is 0 Å². The van der Waals surface area contributed by atoms with Gasteiger partial charge in [-0.15, -0.1) is 0 Å². The van der Waals surface area contributed by atoms with E-state index < -0.39 is 0 Å². The fourth-order valence-corrected chi connectivity index (χ4v) is 1.71. The average Bonchev–Trinajstić information content (AvgIpc) is 2.35. The molecule has 1 heterocycles. The van der Waals surface area contributed by atoms with Crippen molar-refractivity contribution in [1.82, 2.24) is 14.9 Å². The molecule has 0 aromatic carbocycles. The van der Waals surface area contributed by atoms with E-state index in [1.807, 2.05) is 13.8 Å². The van der Waals surface area contributed by atoms with Crippen molar-refractivity contribution in [3.63, 3.8) is 0 Å². The van der Waals surface area contributed by atoms with E-state index in [4.69, 9.17) is 16.3 Å². The second-order valence-corrected chi connectivity index (χ2v) is 5.20. The fraction of sp³-hybridized carbons (Fsp3) is 0.692. The van der Waals surface area contributed by atoms with Gasteiger partial charge in [-0.1, -0.05) is 25.4 Å². The lowest BCUT2D eigenvalue weighted by molar-refractivity contribution is 0.163. The third-order valence-electron chi connectivity index (χ3n) is 2.71. The van der Waals surface area contributed by atoms with Crippen molar-refractivity contribution in [2.75, 3.05) is 45.7 Å². The van der Waals surface area contributed by atoms with Gasteiger partial charge in [-0.3, -0.25) is 0 Å². The van der Waals surface area contributed by atoms with Crippen molar-refractivity contribution in [3.8, 4) is 0 Å². The van der Waals surface area contributed by atoms with E-state index in [0.29, 0.717) is 5.15 Å². The zero-order valence-corrected chi connectivity index (χ0v) is 12.9. The van der Waals surface area contributed by atoms with Crippen LogP contribution in [-0.4, -0.2) is 55.3 Å². The van der Waals surface area contributed by atoms with Crippen LogP contribution in [-0.2, 0) is 4.74 Å². The molecule has 0 atom stereocenters. The van der Waals surface area contributed by atoms with Crippen LogP contribution in [0.1, 0.15) is 25.6 Å². The summed E-state index contributed by atoms with van der Waals surface area (Å²) in [6, 6.07) is 1.75. The second-order valence-electron chi connectivity index (χ2n) is 4.81. The Labute approximate surface area is 120 Å². The first-order valence-electron chi connectivity index (χ1n) is 6.48. The van der Waals surface area contributed by atoms with Crippen LogP contribution in [0.2, 0.25) is 5.15 Å². The van der Waals surface area contributed by atoms with E-state index in [-0.39, 0.29) is 5.92 Å². The number of halogens is 1. The molecule has 0 aliphatic carbocycles. The summed E-state index contributed by atoms with van der Waals surface area (Å²) >= 11 is 5.99. The number of ether oxygens (including phenoxy) is 1. The fourth-order valence-electron chi connectivity index (χ4n) is 1.52. The van der Waals surface area contributed by atoms with Crippen LogP contribution in [0.25, 0.3) is 0 Å². The molecule has 0 unspecified atom stereocenters. The number of rotatable bonds is 8. The van der Waals surface area contributed by atoms with Crippen LogP contribution < -0.4 is 5.32 Å². The van der Waals surface area contributed by atoms with Crippen LogP contribution in [0.15, 0.2) is 6.07 Å². The Morgan fingerprint density at radius 2 is 2.11 bits per heavy atom. The molecule has 1 aromatic rings. The van der Waals surface area contributed by atoms with Crippen molar-refractivity contribution in [1.29, 1.82) is 0 Å². The molecule has 5 nitrogen and oxygen atoms in total. The standard InChI is InChI=1S/C13H23ClN4O/c1-10(2)13-16-11(14)9-12(17-13)15-5-6-18(3)7-8-19-4/h9-10H,5-8H2,1-4H3,(H,15,16,17). The van der Waals surface area contributed by atoms with Gasteiger partial charge in [-0.25, -0.2) is 9.97 Å². The summed E-state index contributed by atoms with van der Waals surface area (Å²) in [7, 11) is 3.77. The topological polar surface area (TPSA) is 50.3 Å². The van der Waals surface area contributed by atoms with Crippen molar-refractivity contribution in [2.45, 2.75) is 19.8 Å². The van der Waals surface area contributed by atoms with Crippen molar-refractivity contribution in [2.24, 2.45) is 0 Å². The highest BCUT2D eigenvalue weighted by Gasteiger charge is 2.07. The van der Waals surface area contributed by atoms with E-state index in [2.05, 4.69) is 27.2 Å². The largest absolute Gasteiger partial charge is 0.383 e. The van der Waals surface area contributed by atoms with Gasteiger partial charge in [0.2, 0.25) is 0 Å². The van der Waals surface area contributed by atoms with Crippen molar-refractivity contribution < 1.29 is 4.74 Å². The van der Waals surface area contributed by atoms with Gasteiger partial charge >= 0.3 is 0 Å². The Hall–Kier alpha value is -0.910. The highest BCUT2D eigenvalue weighted by atomic mass is 35.5. The summed E-state index contributed by atoms with van der Waals surface area (Å²) in [5.41, 5.74) is 0. The third-order valence-corrected chi connectivity index (χ3v) is 2.90. The van der Waals surface area contributed by atoms with Gasteiger partial charge in [0.15, 0.2) is 0 Å². The summed E-state index contributed by atoms with van der Waals surface area (Å²) in [6.45, 7) is 7.49. The first-order valence-corrected chi connectivity index (χ1v) is 6.86. The predicted molar refractivity (Wildman–Crippen MR) is 79.0 cm³/mol. The number of aromatic nitrogens is 2. The van der Waals surface area contributed by atoms with Crippen molar-refractivity contribution >= 4 is 17.4 Å². The number of methoxy groups -OCH3 is 1. The molecule has 1 aromatic heterocycles. The maximum absolute atomic E-state index is 5.99. The van der Waals surface area contributed by atoms with Crippen molar-refractivity contribution in [3.05, 3.63) is 17.0 Å². The van der Waals surface area contributed by atoms with Gasteiger partial charge in [0.05, 0.1) is 6.61 Å². The monoisotopic (exact) mass is 286 g/mol. The Balaban J connectivity index is 2.44. The van der Waals surface area contributed by atoms with E-state index in [1.165, 1.54) is 0 Å². The lowest BCUT2D eigenvalue weighted by Crippen LogP contribution is -2.28. The molecule has 0 saturated carbocycles. The normalized spacial score (nSPS) is 11.3. The number of likely N-dealkylation sites (N-methyl/N-ethyl adjacent to an activating group) is 1. The molecular weight excluding hydrogens is 264 g/mol. The van der Waals surface area contributed by atoms with Crippen LogP contribution in [0.3, 0.4) is 0 Å². The molecule has 108 valence electrons. The van der Waals surface area contributed by atoms with Gasteiger partial charge < -0.3 is 15.0 Å². The maximum atomic E-state index is 5.99. The Morgan fingerprint density at radius 1 is 1.37 bits per heavy atom. The number of nitrogens with one attached hydrogen (secondary N) is 1. The minimum Gasteiger partial charge on any atom is -0.383 e. The molecular formula is C13H23ClN4O. The zero-order valence-electron chi connectivity index (χ0n) is 12.1. The highest BCUT2D eigenvalue weighted by molar-refractivity contribution is 6.29. The second kappa shape index (κ2) is 8.30. The van der Waals surface area contributed by atoms with E-state index >= 15 is 0 Å². The minimum atomic E-state index is 0.267. The predicted octanol–water partition coefficient (Wildman–Crippen LogP) is 2.24. The molecule has 0 saturated heterocycles. The lowest BCUT2D eigenvalue weighted by atomic mass is 10.2. The van der Waals surface area contributed by atoms with Crippen LogP contribution in [0, 0.1) is 0 Å². The number of hydrogen-bond donors (Lipinski definition) is 1. The summed E-state index contributed by atoms with van der Waals surface area (Å²) in [6.07, 6.45) is 0. The first-order chi connectivity index (χ1) is 9.02. The third kappa shape index (κ3) is 6.18. The molecule has 6 heteroatoms. The molecule has 0 radical (unpaired) electrons. The Kier molecular flexibility index (Phi) is 7.05. The van der Waals surface area contributed by atoms with Gasteiger partial charge in [0.1, 0.15) is 16.8 Å². The minimum absolute atomic E-state index is 0.267. The van der Waals surface area contributed by atoms with Gasteiger partial charge in [-0.05, 0) is 7.05 Å².